The quantitative estimate of drug-likeness (QED) is 0.139. The first-order valence-corrected chi connectivity index (χ1v) is 18.2. The first-order valence-electron chi connectivity index (χ1n) is 14.4. The number of allylic oxidation sites excluding steroid dienone is 3. The van der Waals surface area contributed by atoms with Gasteiger partial charge in [0.1, 0.15) is 5.31 Å². The van der Waals surface area contributed by atoms with Gasteiger partial charge in [0.15, 0.2) is 5.76 Å². The van der Waals surface area contributed by atoms with Crippen LogP contribution >= 0.6 is 15.9 Å². The molecule has 1 aliphatic rings. The minimum Gasteiger partial charge on any atom is -0.504 e. The second-order valence-electron chi connectivity index (χ2n) is 11.8. The van der Waals surface area contributed by atoms with Crippen molar-refractivity contribution in [2.45, 2.75) is 150 Å². The largest absolute Gasteiger partial charge is 0.504 e. The van der Waals surface area contributed by atoms with E-state index in [0.29, 0.717) is 16.8 Å². The smallest absolute Gasteiger partial charge is 0.153 e. The Labute approximate surface area is 211 Å². The van der Waals surface area contributed by atoms with Gasteiger partial charge < -0.3 is 5.11 Å². The van der Waals surface area contributed by atoms with Gasteiger partial charge in [0.05, 0.1) is 13.3 Å². The average molecular weight is 498 g/mol. The summed E-state index contributed by atoms with van der Waals surface area (Å²) in [5, 5.41) is 12.7. The van der Waals surface area contributed by atoms with Gasteiger partial charge in [-0.2, -0.15) is 0 Å². The fourth-order valence-corrected chi connectivity index (χ4v) is 14.7. The third-order valence-electron chi connectivity index (χ3n) is 7.73. The zero-order valence-corrected chi connectivity index (χ0v) is 25.5. The van der Waals surface area contributed by atoms with Crippen LogP contribution in [-0.4, -0.2) is 16.9 Å². The van der Waals surface area contributed by atoms with Crippen LogP contribution in [0.4, 0.5) is 0 Å². The highest BCUT2D eigenvalue weighted by Gasteiger charge is 2.48. The summed E-state index contributed by atoms with van der Waals surface area (Å²) in [6.45, 7) is 16.8. The Hall–Kier alpha value is 0.140. The molecule has 0 aromatic heterocycles. The Morgan fingerprint density at radius 3 is 1.88 bits per heavy atom. The van der Waals surface area contributed by atoms with Crippen molar-refractivity contribution >= 4 is 15.9 Å². The number of hydrogen-bond acceptors (Lipinski definition) is 1. The van der Waals surface area contributed by atoms with Crippen molar-refractivity contribution in [3.05, 3.63) is 23.2 Å². The molecule has 3 heteroatoms. The minimum absolute atomic E-state index is 0.128. The van der Waals surface area contributed by atoms with Gasteiger partial charge in [0, 0.05) is 25.3 Å². The highest BCUT2D eigenvalue weighted by Crippen LogP contribution is 2.74. The fourth-order valence-electron chi connectivity index (χ4n) is 5.45. The zero-order valence-electron chi connectivity index (χ0n) is 23.5. The Bertz CT molecular complexity index is 576. The molecule has 1 aliphatic heterocycles. The summed E-state index contributed by atoms with van der Waals surface area (Å²) in [6, 6.07) is 0. The SMILES string of the molecule is CCCCCCCCCP[PH+]1C(C(C)(C)CCCCC)=C(O)C=CC1C(C)(C)CCCCC. The van der Waals surface area contributed by atoms with E-state index in [1.165, 1.54) is 108 Å². The second kappa shape index (κ2) is 16.7. The maximum absolute atomic E-state index is 11.2. The number of rotatable bonds is 19. The van der Waals surface area contributed by atoms with Crippen molar-refractivity contribution in [2.24, 2.45) is 10.8 Å². The molecule has 0 bridgehead atoms. The summed E-state index contributed by atoms with van der Waals surface area (Å²) in [4.78, 5) is 0. The predicted molar refractivity (Wildman–Crippen MR) is 158 cm³/mol. The molecule has 1 rings (SSSR count). The average Bonchev–Trinajstić information content (AvgIpc) is 2.75. The number of aliphatic hydroxyl groups is 1. The molecule has 0 fully saturated rings. The molecule has 0 aromatic carbocycles. The maximum atomic E-state index is 11.2. The van der Waals surface area contributed by atoms with E-state index < -0.39 is 7.61 Å². The van der Waals surface area contributed by atoms with Crippen molar-refractivity contribution in [3.8, 4) is 0 Å². The summed E-state index contributed by atoms with van der Waals surface area (Å²) in [5.74, 6) is 0.637. The molecule has 0 radical (unpaired) electrons. The lowest BCUT2D eigenvalue weighted by Crippen LogP contribution is -2.30. The van der Waals surface area contributed by atoms with Gasteiger partial charge in [-0.25, -0.2) is 0 Å². The van der Waals surface area contributed by atoms with Crippen molar-refractivity contribution < 1.29 is 5.11 Å². The molecule has 3 unspecified atom stereocenters. The molecule has 33 heavy (non-hydrogen) atoms. The summed E-state index contributed by atoms with van der Waals surface area (Å²) in [5.41, 5.74) is 1.11. The number of hydrogen-bond donors (Lipinski definition) is 1. The maximum Gasteiger partial charge on any atom is 0.153 e. The molecular formula is C30H59OP2+. The summed E-state index contributed by atoms with van der Waals surface area (Å²) in [7, 11) is 0.240. The molecule has 1 N–H and O–H groups in total. The molecule has 0 aliphatic carbocycles. The lowest BCUT2D eigenvalue weighted by molar-refractivity contribution is 0.324. The van der Waals surface area contributed by atoms with Crippen LogP contribution in [0.3, 0.4) is 0 Å². The van der Waals surface area contributed by atoms with Gasteiger partial charge in [-0.15, -0.1) is 0 Å². The van der Waals surface area contributed by atoms with Gasteiger partial charge in [0.25, 0.3) is 0 Å². The van der Waals surface area contributed by atoms with Gasteiger partial charge in [-0.3, -0.25) is 0 Å². The molecule has 1 nitrogen and oxygen atoms in total. The minimum atomic E-state index is -0.791. The van der Waals surface area contributed by atoms with E-state index in [1.54, 1.807) is 0 Å². The molecule has 0 amide bonds. The van der Waals surface area contributed by atoms with Crippen molar-refractivity contribution in [1.29, 1.82) is 0 Å². The molecule has 0 saturated carbocycles. The third-order valence-corrected chi connectivity index (χ3v) is 15.4. The van der Waals surface area contributed by atoms with Crippen LogP contribution in [0.25, 0.3) is 0 Å². The second-order valence-corrected chi connectivity index (χ2v) is 17.3. The lowest BCUT2D eigenvalue weighted by atomic mass is 9.82. The zero-order chi connectivity index (χ0) is 24.7. The first-order chi connectivity index (χ1) is 15.7. The lowest BCUT2D eigenvalue weighted by Gasteiger charge is -2.40. The van der Waals surface area contributed by atoms with Crippen LogP contribution < -0.4 is 0 Å². The van der Waals surface area contributed by atoms with E-state index in [0.717, 1.165) is 8.27 Å². The van der Waals surface area contributed by atoms with Crippen molar-refractivity contribution in [3.63, 3.8) is 0 Å². The molecule has 3 atom stereocenters. The van der Waals surface area contributed by atoms with E-state index in [9.17, 15) is 5.11 Å². The van der Waals surface area contributed by atoms with Gasteiger partial charge >= 0.3 is 0 Å². The number of aliphatic hydroxyl groups excluding tert-OH is 1. The van der Waals surface area contributed by atoms with Gasteiger partial charge in [-0.05, 0) is 31.4 Å². The molecule has 0 saturated heterocycles. The third kappa shape index (κ3) is 11.2. The first kappa shape index (κ1) is 31.2. The van der Waals surface area contributed by atoms with Crippen LogP contribution in [0.5, 0.6) is 0 Å². The number of unbranched alkanes of at least 4 members (excludes halogenated alkanes) is 10. The highest BCUT2D eigenvalue weighted by atomic mass is 32.0. The molecule has 194 valence electrons. The van der Waals surface area contributed by atoms with Crippen LogP contribution in [0.1, 0.15) is 145 Å². The Morgan fingerprint density at radius 2 is 1.27 bits per heavy atom. The van der Waals surface area contributed by atoms with Crippen LogP contribution in [-0.2, 0) is 0 Å². The molecule has 0 spiro atoms. The van der Waals surface area contributed by atoms with E-state index in [1.807, 2.05) is 0 Å². The Morgan fingerprint density at radius 1 is 0.758 bits per heavy atom. The molecule has 1 heterocycles. The van der Waals surface area contributed by atoms with Gasteiger partial charge in [0.2, 0.25) is 0 Å². The Kier molecular flexibility index (Phi) is 15.8. The summed E-state index contributed by atoms with van der Waals surface area (Å²) < 4.78 is 0. The van der Waals surface area contributed by atoms with E-state index in [2.05, 4.69) is 60.6 Å². The topological polar surface area (TPSA) is 20.2 Å². The summed E-state index contributed by atoms with van der Waals surface area (Å²) in [6.07, 6.45) is 26.0. The molecule has 0 aromatic rings. The van der Waals surface area contributed by atoms with E-state index in [-0.39, 0.29) is 5.41 Å². The highest BCUT2D eigenvalue weighted by molar-refractivity contribution is 8.23. The normalized spacial score (nSPS) is 19.8. The van der Waals surface area contributed by atoms with E-state index in [4.69, 9.17) is 0 Å². The fraction of sp³-hybridized carbons (Fsp3) is 0.867. The summed E-state index contributed by atoms with van der Waals surface area (Å²) >= 11 is 0. The van der Waals surface area contributed by atoms with Crippen LogP contribution in [0.15, 0.2) is 23.2 Å². The van der Waals surface area contributed by atoms with E-state index >= 15 is 0 Å². The van der Waals surface area contributed by atoms with Gasteiger partial charge in [-0.1, -0.05) is 126 Å². The van der Waals surface area contributed by atoms with Crippen molar-refractivity contribution in [2.75, 3.05) is 6.16 Å². The van der Waals surface area contributed by atoms with Crippen LogP contribution in [0, 0.1) is 10.8 Å². The monoisotopic (exact) mass is 497 g/mol. The van der Waals surface area contributed by atoms with Crippen LogP contribution in [0.2, 0.25) is 0 Å². The standard InChI is InChI=1S/C30H58OP2/c1-8-11-14-15-16-17-20-25-32-33-27(29(4,5)23-18-12-9-2)22-21-26(31)28(33)30(6,7)24-19-13-10-3/h21-22,27,31-32H,8-20,23-25H2,1-7H3/p+1. The predicted octanol–water partition coefficient (Wildman–Crippen LogP) is 11.5. The Balaban J connectivity index is 2.94. The molecular weight excluding hydrogens is 438 g/mol. The van der Waals surface area contributed by atoms with Crippen molar-refractivity contribution in [1.82, 2.24) is 0 Å².